The van der Waals surface area contributed by atoms with E-state index in [1.807, 2.05) is 47.0 Å². The standard InChI is InChI=1S/C19H17N5O3S/c25-16(21-9-10-23-17(26)12-28-19(23)27)11-24-15-7-2-1-5-13(15)22-18(24)14-6-3-4-8-20-14/h1-8H,9-12H2,(H,21,25). The van der Waals surface area contributed by atoms with Gasteiger partial charge in [0.15, 0.2) is 5.82 Å². The second kappa shape index (κ2) is 7.81. The van der Waals surface area contributed by atoms with Crippen LogP contribution in [0.4, 0.5) is 4.79 Å². The predicted octanol–water partition coefficient (Wildman–Crippen LogP) is 1.91. The van der Waals surface area contributed by atoms with E-state index in [0.29, 0.717) is 11.5 Å². The van der Waals surface area contributed by atoms with Crippen LogP contribution in [0.3, 0.4) is 0 Å². The van der Waals surface area contributed by atoms with Crippen LogP contribution in [0.15, 0.2) is 48.7 Å². The van der Waals surface area contributed by atoms with Gasteiger partial charge in [0, 0.05) is 19.3 Å². The number of para-hydroxylation sites is 2. The molecule has 0 spiro atoms. The molecule has 8 nitrogen and oxygen atoms in total. The fourth-order valence-corrected chi connectivity index (χ4v) is 3.78. The number of hydrogen-bond acceptors (Lipinski definition) is 6. The van der Waals surface area contributed by atoms with Crippen LogP contribution >= 0.6 is 11.8 Å². The van der Waals surface area contributed by atoms with Crippen LogP contribution in [0.1, 0.15) is 0 Å². The van der Waals surface area contributed by atoms with E-state index >= 15 is 0 Å². The Hall–Kier alpha value is -3.20. The van der Waals surface area contributed by atoms with Gasteiger partial charge in [-0.2, -0.15) is 0 Å². The molecule has 0 bridgehead atoms. The molecule has 1 aliphatic heterocycles. The second-order valence-electron chi connectivity index (χ2n) is 6.18. The highest BCUT2D eigenvalue weighted by Gasteiger charge is 2.29. The zero-order valence-electron chi connectivity index (χ0n) is 14.9. The molecule has 3 heterocycles. The lowest BCUT2D eigenvalue weighted by molar-refractivity contribution is -0.125. The van der Waals surface area contributed by atoms with Crippen molar-refractivity contribution in [1.82, 2.24) is 24.8 Å². The van der Waals surface area contributed by atoms with Crippen LogP contribution in [0.25, 0.3) is 22.6 Å². The molecule has 1 saturated heterocycles. The smallest absolute Gasteiger partial charge is 0.288 e. The fraction of sp³-hybridized carbons (Fsp3) is 0.211. The van der Waals surface area contributed by atoms with Gasteiger partial charge in [-0.25, -0.2) is 4.98 Å². The van der Waals surface area contributed by atoms with Crippen LogP contribution in [0.2, 0.25) is 0 Å². The van der Waals surface area contributed by atoms with Crippen molar-refractivity contribution in [1.29, 1.82) is 0 Å². The maximum absolute atomic E-state index is 12.5. The summed E-state index contributed by atoms with van der Waals surface area (Å²) in [7, 11) is 0. The monoisotopic (exact) mass is 395 g/mol. The molecule has 142 valence electrons. The van der Waals surface area contributed by atoms with Crippen molar-refractivity contribution in [2.24, 2.45) is 0 Å². The Labute approximate surface area is 164 Å². The molecule has 3 amide bonds. The Balaban J connectivity index is 1.50. The number of pyridine rings is 1. The Bertz CT molecular complexity index is 1030. The highest BCUT2D eigenvalue weighted by Crippen LogP contribution is 2.23. The molecule has 1 aliphatic rings. The molecule has 1 fully saturated rings. The number of thioether (sulfide) groups is 1. The molecule has 0 saturated carbocycles. The van der Waals surface area contributed by atoms with Crippen LogP contribution in [0, 0.1) is 0 Å². The summed E-state index contributed by atoms with van der Waals surface area (Å²) in [4.78, 5) is 45.8. The van der Waals surface area contributed by atoms with Gasteiger partial charge in [0.05, 0.1) is 16.8 Å². The minimum atomic E-state index is -0.266. The fourth-order valence-electron chi connectivity index (χ4n) is 3.03. The van der Waals surface area contributed by atoms with Crippen molar-refractivity contribution in [3.8, 4) is 11.5 Å². The van der Waals surface area contributed by atoms with Gasteiger partial charge < -0.3 is 9.88 Å². The van der Waals surface area contributed by atoms with Crippen LogP contribution in [-0.2, 0) is 16.1 Å². The van der Waals surface area contributed by atoms with Crippen molar-refractivity contribution in [2.45, 2.75) is 6.54 Å². The lowest BCUT2D eigenvalue weighted by atomic mass is 10.3. The molecular weight excluding hydrogens is 378 g/mol. The minimum absolute atomic E-state index is 0.0586. The van der Waals surface area contributed by atoms with Gasteiger partial charge in [-0.1, -0.05) is 30.0 Å². The first-order valence-corrected chi connectivity index (χ1v) is 9.72. The van der Waals surface area contributed by atoms with E-state index in [0.717, 1.165) is 27.7 Å². The first kappa shape index (κ1) is 18.2. The number of aromatic nitrogens is 3. The van der Waals surface area contributed by atoms with Gasteiger partial charge in [0.25, 0.3) is 5.24 Å². The van der Waals surface area contributed by atoms with E-state index in [9.17, 15) is 14.4 Å². The van der Waals surface area contributed by atoms with E-state index in [-0.39, 0.29) is 42.4 Å². The van der Waals surface area contributed by atoms with Crippen molar-refractivity contribution < 1.29 is 14.4 Å². The van der Waals surface area contributed by atoms with Crippen molar-refractivity contribution in [3.05, 3.63) is 48.7 Å². The number of fused-ring (bicyclic) bond motifs is 1. The first-order valence-electron chi connectivity index (χ1n) is 8.74. The highest BCUT2D eigenvalue weighted by atomic mass is 32.2. The molecule has 0 radical (unpaired) electrons. The number of benzene rings is 1. The van der Waals surface area contributed by atoms with E-state index < -0.39 is 0 Å². The summed E-state index contributed by atoms with van der Waals surface area (Å²) in [6.07, 6.45) is 1.68. The van der Waals surface area contributed by atoms with Crippen LogP contribution in [-0.4, -0.2) is 55.3 Å². The number of imide groups is 1. The lowest BCUT2D eigenvalue weighted by Gasteiger charge is -2.14. The lowest BCUT2D eigenvalue weighted by Crippen LogP contribution is -2.38. The third-order valence-electron chi connectivity index (χ3n) is 4.35. The molecule has 3 aromatic rings. The maximum atomic E-state index is 12.5. The van der Waals surface area contributed by atoms with Crippen molar-refractivity contribution in [3.63, 3.8) is 0 Å². The highest BCUT2D eigenvalue weighted by molar-refractivity contribution is 8.14. The van der Waals surface area contributed by atoms with E-state index in [1.165, 1.54) is 0 Å². The maximum Gasteiger partial charge on any atom is 0.288 e. The SMILES string of the molecule is O=C(Cn1c(-c2ccccn2)nc2ccccc21)NCCN1C(=O)CSC1=O. The predicted molar refractivity (Wildman–Crippen MR) is 106 cm³/mol. The molecule has 2 aromatic heterocycles. The molecular formula is C19H17N5O3S. The third kappa shape index (κ3) is 3.61. The molecule has 0 unspecified atom stereocenters. The number of nitrogens with one attached hydrogen (secondary N) is 1. The normalized spacial score (nSPS) is 14.1. The zero-order chi connectivity index (χ0) is 19.5. The van der Waals surface area contributed by atoms with Crippen LogP contribution in [0.5, 0.6) is 0 Å². The average molecular weight is 395 g/mol. The van der Waals surface area contributed by atoms with Gasteiger partial charge in [-0.05, 0) is 24.3 Å². The number of hydrogen-bond donors (Lipinski definition) is 1. The molecule has 4 rings (SSSR count). The number of amides is 3. The van der Waals surface area contributed by atoms with Crippen LogP contribution < -0.4 is 5.32 Å². The minimum Gasteiger partial charge on any atom is -0.353 e. The largest absolute Gasteiger partial charge is 0.353 e. The number of rotatable bonds is 6. The van der Waals surface area contributed by atoms with Gasteiger partial charge in [0.2, 0.25) is 11.8 Å². The van der Waals surface area contributed by atoms with E-state index in [4.69, 9.17) is 0 Å². The Morgan fingerprint density at radius 3 is 2.71 bits per heavy atom. The Morgan fingerprint density at radius 2 is 1.96 bits per heavy atom. The first-order chi connectivity index (χ1) is 13.6. The molecule has 1 aromatic carbocycles. The van der Waals surface area contributed by atoms with Crippen molar-refractivity contribution >= 4 is 39.8 Å². The summed E-state index contributed by atoms with van der Waals surface area (Å²) in [5, 5.41) is 2.50. The summed E-state index contributed by atoms with van der Waals surface area (Å²) in [6, 6.07) is 13.1. The quantitative estimate of drug-likeness (QED) is 0.685. The second-order valence-corrected chi connectivity index (χ2v) is 7.10. The van der Waals surface area contributed by atoms with Gasteiger partial charge in [0.1, 0.15) is 12.2 Å². The average Bonchev–Trinajstić information content (AvgIpc) is 3.23. The van der Waals surface area contributed by atoms with Gasteiger partial charge >= 0.3 is 0 Å². The molecule has 28 heavy (non-hydrogen) atoms. The summed E-state index contributed by atoms with van der Waals surface area (Å²) < 4.78 is 1.81. The number of carbonyl (C=O) groups is 3. The zero-order valence-corrected chi connectivity index (χ0v) is 15.7. The van der Waals surface area contributed by atoms with E-state index in [2.05, 4.69) is 15.3 Å². The number of carbonyl (C=O) groups excluding carboxylic acids is 3. The summed E-state index contributed by atoms with van der Waals surface area (Å²) >= 11 is 0.982. The molecule has 0 aliphatic carbocycles. The molecule has 0 atom stereocenters. The topological polar surface area (TPSA) is 97.2 Å². The third-order valence-corrected chi connectivity index (χ3v) is 5.21. The van der Waals surface area contributed by atoms with Gasteiger partial charge in [-0.3, -0.25) is 24.3 Å². The Kier molecular flexibility index (Phi) is 5.07. The number of imidazole rings is 1. The summed E-state index contributed by atoms with van der Waals surface area (Å²) in [6.45, 7) is 0.444. The van der Waals surface area contributed by atoms with Crippen molar-refractivity contribution in [2.75, 3.05) is 18.8 Å². The Morgan fingerprint density at radius 1 is 1.14 bits per heavy atom. The summed E-state index contributed by atoms with van der Waals surface area (Å²) in [5.74, 6) is 0.328. The van der Waals surface area contributed by atoms with E-state index in [1.54, 1.807) is 6.20 Å². The van der Waals surface area contributed by atoms with Gasteiger partial charge in [-0.15, -0.1) is 0 Å². The summed E-state index contributed by atoms with van der Waals surface area (Å²) in [5.41, 5.74) is 2.29. The number of nitrogens with zero attached hydrogens (tertiary/aromatic N) is 4. The molecule has 1 N–H and O–H groups in total. The molecule has 9 heteroatoms.